The zero-order chi connectivity index (χ0) is 40.5. The van der Waals surface area contributed by atoms with E-state index in [1.165, 1.54) is 6.33 Å². The molecule has 1 amide bonds. The summed E-state index contributed by atoms with van der Waals surface area (Å²) in [4.78, 5) is 41.6. The molecule has 54 heavy (non-hydrogen) atoms. The molecule has 3 rings (SSSR count). The van der Waals surface area contributed by atoms with Crippen molar-refractivity contribution in [2.45, 2.75) is 168 Å². The Morgan fingerprint density at radius 1 is 0.889 bits per heavy atom. The van der Waals surface area contributed by atoms with Gasteiger partial charge in [0.15, 0.2) is 34.3 Å². The molecule has 1 fully saturated rings. The molecule has 0 aliphatic carbocycles. The number of ether oxygens (including phenoxy) is 3. The lowest BCUT2D eigenvalue weighted by molar-refractivity contribution is -0.157. The number of nitrogens with one attached hydrogen (secondary N) is 1. The average molecular weight is 796 g/mol. The zero-order valence-electron chi connectivity index (χ0n) is 34.9. The summed E-state index contributed by atoms with van der Waals surface area (Å²) in [5, 5.41) is 13.0. The number of rotatable bonds is 20. The Labute approximate surface area is 324 Å². The molecule has 5 atom stereocenters. The van der Waals surface area contributed by atoms with Crippen LogP contribution in [0, 0.1) is 0 Å². The summed E-state index contributed by atoms with van der Waals surface area (Å²) >= 11 is 0. The maximum Gasteiger partial charge on any atom is 0.408 e. The highest BCUT2D eigenvalue weighted by Gasteiger charge is 2.53. The van der Waals surface area contributed by atoms with Crippen LogP contribution in [0.15, 0.2) is 12.7 Å². The minimum absolute atomic E-state index is 0.129. The SMILES string of the molecule is CC[Si](CC)(CC)OC1[C@@H](CN(CCO)CCC(NC(=O)OC(C)(C)C)C(=O)OC(C)(C)C)O[C@@H](n2cnc3c(N)ncnc32)[C@H]1O[Si](CC)(CC)CC. The van der Waals surface area contributed by atoms with Gasteiger partial charge in [0.1, 0.15) is 47.4 Å². The molecule has 1 aliphatic rings. The van der Waals surface area contributed by atoms with Gasteiger partial charge in [-0.25, -0.2) is 24.5 Å². The van der Waals surface area contributed by atoms with Gasteiger partial charge in [-0.1, -0.05) is 41.5 Å². The molecule has 2 aromatic heterocycles. The lowest BCUT2D eigenvalue weighted by Crippen LogP contribution is -2.53. The molecular formula is C37H69N7O8Si2. The maximum atomic E-state index is 13.4. The third-order valence-electron chi connectivity index (χ3n) is 10.6. The summed E-state index contributed by atoms with van der Waals surface area (Å²) < 4.78 is 34.9. The number of esters is 1. The first-order valence-corrected chi connectivity index (χ1v) is 24.9. The summed E-state index contributed by atoms with van der Waals surface area (Å²) in [6.45, 7) is 24.7. The van der Waals surface area contributed by atoms with E-state index in [9.17, 15) is 14.7 Å². The number of nitrogen functional groups attached to an aromatic ring is 1. The molecule has 2 unspecified atom stereocenters. The van der Waals surface area contributed by atoms with Gasteiger partial charge in [-0.2, -0.15) is 0 Å². The van der Waals surface area contributed by atoms with Crippen molar-refractivity contribution in [1.82, 2.24) is 29.7 Å². The Kier molecular flexibility index (Phi) is 16.5. The van der Waals surface area contributed by atoms with Crippen molar-refractivity contribution in [2.24, 2.45) is 0 Å². The summed E-state index contributed by atoms with van der Waals surface area (Å²) in [6, 6.07) is 4.62. The second-order valence-corrected chi connectivity index (χ2v) is 25.8. The zero-order valence-corrected chi connectivity index (χ0v) is 36.9. The van der Waals surface area contributed by atoms with Gasteiger partial charge in [-0.05, 0) is 84.2 Å². The Morgan fingerprint density at radius 3 is 1.96 bits per heavy atom. The molecule has 1 saturated heterocycles. The Morgan fingerprint density at radius 2 is 1.44 bits per heavy atom. The Bertz CT molecular complexity index is 1480. The number of alkyl carbamates (subject to hydrolysis) is 1. The van der Waals surface area contributed by atoms with Crippen molar-refractivity contribution in [3.8, 4) is 0 Å². The highest BCUT2D eigenvalue weighted by molar-refractivity contribution is 6.74. The first-order chi connectivity index (χ1) is 25.3. The highest BCUT2D eigenvalue weighted by atomic mass is 28.4. The number of carbonyl (C=O) groups is 2. The quantitative estimate of drug-likeness (QED) is 0.105. The van der Waals surface area contributed by atoms with Gasteiger partial charge in [0.05, 0.1) is 12.9 Å². The van der Waals surface area contributed by atoms with E-state index in [1.807, 2.05) is 9.47 Å². The van der Waals surface area contributed by atoms with E-state index in [-0.39, 0.29) is 18.8 Å². The number of anilines is 1. The van der Waals surface area contributed by atoms with E-state index in [2.05, 4.69) is 61.8 Å². The van der Waals surface area contributed by atoms with E-state index in [4.69, 9.17) is 28.8 Å². The Balaban J connectivity index is 2.08. The minimum atomic E-state index is -2.24. The van der Waals surface area contributed by atoms with E-state index in [0.29, 0.717) is 30.8 Å². The first-order valence-electron chi connectivity index (χ1n) is 19.8. The van der Waals surface area contributed by atoms with Crippen molar-refractivity contribution in [3.05, 3.63) is 12.7 Å². The summed E-state index contributed by atoms with van der Waals surface area (Å²) in [7, 11) is -4.47. The molecule has 0 radical (unpaired) electrons. The molecule has 0 spiro atoms. The van der Waals surface area contributed by atoms with Crippen molar-refractivity contribution in [2.75, 3.05) is 32.0 Å². The van der Waals surface area contributed by atoms with E-state index in [1.54, 1.807) is 47.9 Å². The van der Waals surface area contributed by atoms with Gasteiger partial charge in [0.25, 0.3) is 0 Å². The van der Waals surface area contributed by atoms with Crippen LogP contribution in [0.1, 0.15) is 95.7 Å². The molecular weight excluding hydrogens is 727 g/mol. The smallest absolute Gasteiger partial charge is 0.408 e. The van der Waals surface area contributed by atoms with E-state index >= 15 is 0 Å². The molecule has 0 saturated carbocycles. The van der Waals surface area contributed by atoms with Gasteiger partial charge in [0, 0.05) is 19.6 Å². The lowest BCUT2D eigenvalue weighted by atomic mass is 10.1. The van der Waals surface area contributed by atoms with Gasteiger partial charge in [-0.15, -0.1) is 0 Å². The normalized spacial score (nSPS) is 20.4. The van der Waals surface area contributed by atoms with Crippen molar-refractivity contribution in [3.63, 3.8) is 0 Å². The van der Waals surface area contributed by atoms with Gasteiger partial charge in [0.2, 0.25) is 0 Å². The fourth-order valence-corrected chi connectivity index (χ4v) is 12.7. The van der Waals surface area contributed by atoms with Crippen LogP contribution in [0.4, 0.5) is 10.6 Å². The van der Waals surface area contributed by atoms with Gasteiger partial charge < -0.3 is 39.2 Å². The van der Waals surface area contributed by atoms with E-state index in [0.717, 1.165) is 36.3 Å². The molecule has 17 heteroatoms. The number of aliphatic hydroxyl groups is 1. The highest BCUT2D eigenvalue weighted by Crippen LogP contribution is 2.42. The predicted molar refractivity (Wildman–Crippen MR) is 215 cm³/mol. The number of hydrogen-bond donors (Lipinski definition) is 3. The first kappa shape index (κ1) is 45.7. The molecule has 0 bridgehead atoms. The van der Waals surface area contributed by atoms with Crippen LogP contribution in [0.3, 0.4) is 0 Å². The number of nitrogens with zero attached hydrogens (tertiary/aromatic N) is 5. The number of imidazole rings is 1. The largest absolute Gasteiger partial charge is 0.458 e. The molecule has 0 aromatic carbocycles. The van der Waals surface area contributed by atoms with Crippen LogP contribution in [-0.2, 0) is 27.9 Å². The Hall–Kier alpha value is -2.68. The second kappa shape index (κ2) is 19.5. The monoisotopic (exact) mass is 795 g/mol. The fraction of sp³-hybridized carbons (Fsp3) is 0.811. The third-order valence-corrected chi connectivity index (χ3v) is 19.8. The summed E-state index contributed by atoms with van der Waals surface area (Å²) in [6.07, 6.45) is 0.551. The molecule has 15 nitrogen and oxygen atoms in total. The van der Waals surface area contributed by atoms with Crippen LogP contribution in [0.2, 0.25) is 36.3 Å². The van der Waals surface area contributed by atoms with E-state index < -0.39 is 70.5 Å². The molecule has 1 aliphatic heterocycles. The summed E-state index contributed by atoms with van der Waals surface area (Å²) in [5.41, 5.74) is 5.73. The maximum absolute atomic E-state index is 13.4. The standard InChI is InChI=1S/C37H69N7O8Si2/c1-13-53(14-2,15-3)51-29-27(23-43(21-22-45)20-19-26(34(46)49-36(7,8)9)42-35(47)50-37(10,11)12)48-33(30(29)52-54(16-4,17-5)18-6)44-25-41-28-31(38)39-24-40-32(28)44/h24-27,29-30,33,45H,13-23H2,1-12H3,(H,42,47)(H2,38,39,40)/t26?,27-,29?,30+,33-/m1/s1. The molecule has 308 valence electrons. The fourth-order valence-electron chi connectivity index (χ4n) is 7.05. The van der Waals surface area contributed by atoms with Crippen molar-refractivity contribution < 1.29 is 37.8 Å². The number of carbonyl (C=O) groups excluding carboxylic acids is 2. The topological polar surface area (TPSA) is 185 Å². The van der Waals surface area contributed by atoms with Crippen LogP contribution in [0.25, 0.3) is 11.2 Å². The second-order valence-electron chi connectivity index (χ2n) is 16.3. The third kappa shape index (κ3) is 11.9. The molecule has 4 N–H and O–H groups in total. The summed E-state index contributed by atoms with van der Waals surface area (Å²) in [5.74, 6) is -0.289. The molecule has 3 heterocycles. The number of hydrogen-bond acceptors (Lipinski definition) is 13. The van der Waals surface area contributed by atoms with Crippen molar-refractivity contribution >= 4 is 45.7 Å². The average Bonchev–Trinajstić information content (AvgIpc) is 3.67. The minimum Gasteiger partial charge on any atom is -0.458 e. The molecule has 2 aromatic rings. The number of aromatic nitrogens is 4. The van der Waals surface area contributed by atoms with Gasteiger partial charge >= 0.3 is 12.1 Å². The van der Waals surface area contributed by atoms with Crippen LogP contribution < -0.4 is 11.1 Å². The lowest BCUT2D eigenvalue weighted by Gasteiger charge is -2.40. The number of amides is 1. The number of aliphatic hydroxyl groups excluding tert-OH is 1. The van der Waals surface area contributed by atoms with Crippen LogP contribution in [-0.4, -0.2) is 120 Å². The van der Waals surface area contributed by atoms with Gasteiger partial charge in [-0.3, -0.25) is 9.47 Å². The van der Waals surface area contributed by atoms with Crippen LogP contribution in [0.5, 0.6) is 0 Å². The van der Waals surface area contributed by atoms with Crippen LogP contribution >= 0.6 is 0 Å². The van der Waals surface area contributed by atoms with Crippen molar-refractivity contribution in [1.29, 1.82) is 0 Å². The number of fused-ring (bicyclic) bond motifs is 1. The predicted octanol–water partition coefficient (Wildman–Crippen LogP) is 6.01. The number of nitrogens with two attached hydrogens (primary N) is 1.